The van der Waals surface area contributed by atoms with Gasteiger partial charge < -0.3 is 0 Å². The number of halogens is 1. The topological polar surface area (TPSA) is 12.4 Å². The summed E-state index contributed by atoms with van der Waals surface area (Å²) >= 11 is 0. The lowest BCUT2D eigenvalue weighted by Gasteiger charge is -2.18. The van der Waals surface area contributed by atoms with Crippen LogP contribution >= 0.6 is 0 Å². The predicted molar refractivity (Wildman–Crippen MR) is 52.1 cm³/mol. The number of nitrogens with zero attached hydrogens (tertiary/aromatic N) is 1. The Balaban J connectivity index is 2.59. The van der Waals surface area contributed by atoms with Gasteiger partial charge >= 0.3 is 0 Å². The molecule has 1 heterocycles. The number of fused-ring (bicyclic) bond motifs is 1. The first kappa shape index (κ1) is 8.42. The molecule has 0 saturated carbocycles. The van der Waals surface area contributed by atoms with Crippen molar-refractivity contribution < 1.29 is 4.39 Å². The minimum absolute atomic E-state index is 0.312. The summed E-state index contributed by atoms with van der Waals surface area (Å²) in [6.45, 7) is 4.67. The molecule has 0 N–H and O–H groups in total. The van der Waals surface area contributed by atoms with Crippen LogP contribution in [0.1, 0.15) is 29.5 Å². The maximum absolute atomic E-state index is 13.2. The van der Waals surface area contributed by atoms with Gasteiger partial charge in [0.05, 0.1) is 0 Å². The largest absolute Gasteiger partial charge is 0.257 e. The van der Waals surface area contributed by atoms with E-state index in [-0.39, 0.29) is 5.97 Å². The molecule has 0 radical (unpaired) electrons. The van der Waals surface area contributed by atoms with E-state index in [0.717, 1.165) is 5.56 Å². The lowest BCUT2D eigenvalue weighted by Crippen LogP contribution is -2.12. The Hall–Kier alpha value is -1.18. The third-order valence-electron chi connectivity index (χ3n) is 2.46. The van der Waals surface area contributed by atoms with Gasteiger partial charge in [-0.25, -0.2) is 0 Å². The normalized spacial score (nSPS) is 20.8. The van der Waals surface area contributed by atoms with Gasteiger partial charge in [0.25, 0.3) is 0 Å². The third-order valence-corrected chi connectivity index (χ3v) is 2.46. The van der Waals surface area contributed by atoms with Gasteiger partial charge in [-0.1, -0.05) is 24.6 Å². The van der Waals surface area contributed by atoms with E-state index in [9.17, 15) is 4.39 Å². The Labute approximate surface area is 77.3 Å². The van der Waals surface area contributed by atoms with Crippen LogP contribution in [-0.4, -0.2) is 12.5 Å². The van der Waals surface area contributed by atoms with Gasteiger partial charge in [-0.05, 0) is 18.6 Å². The standard InChI is InChI=1S/C11H12FN/c1-7-3-4-9-10(5-7)8(2)6-13-11(9)12/h3-5,8H,6H2,1-2H3. The smallest absolute Gasteiger partial charge is 0.215 e. The van der Waals surface area contributed by atoms with Crippen LogP contribution in [0, 0.1) is 6.92 Å². The third kappa shape index (κ3) is 1.37. The Morgan fingerprint density at radius 1 is 1.46 bits per heavy atom. The van der Waals surface area contributed by atoms with Gasteiger partial charge in [0, 0.05) is 18.0 Å². The van der Waals surface area contributed by atoms with E-state index in [0.29, 0.717) is 18.0 Å². The van der Waals surface area contributed by atoms with Crippen LogP contribution in [0.25, 0.3) is 0 Å². The molecule has 68 valence electrons. The Bertz CT molecular complexity index is 368. The second kappa shape index (κ2) is 2.95. The van der Waals surface area contributed by atoms with Gasteiger partial charge in [-0.15, -0.1) is 0 Å². The summed E-state index contributed by atoms with van der Waals surface area (Å²) in [5.74, 6) is 0.0301. The molecule has 1 atom stereocenters. The average Bonchev–Trinajstić information content (AvgIpc) is 2.12. The summed E-state index contributed by atoms with van der Waals surface area (Å²) < 4.78 is 13.2. The van der Waals surface area contributed by atoms with Gasteiger partial charge in [0.15, 0.2) is 0 Å². The van der Waals surface area contributed by atoms with Crippen LogP contribution < -0.4 is 0 Å². The minimum Gasteiger partial charge on any atom is -0.257 e. The number of hydrogen-bond donors (Lipinski definition) is 0. The maximum Gasteiger partial charge on any atom is 0.215 e. The molecular weight excluding hydrogens is 165 g/mol. The van der Waals surface area contributed by atoms with Crippen molar-refractivity contribution in [2.45, 2.75) is 19.8 Å². The molecule has 0 saturated heterocycles. The molecule has 0 spiro atoms. The van der Waals surface area contributed by atoms with Crippen LogP contribution in [0.4, 0.5) is 4.39 Å². The van der Waals surface area contributed by atoms with Crippen molar-refractivity contribution in [1.82, 2.24) is 0 Å². The molecule has 1 aliphatic rings. The van der Waals surface area contributed by atoms with Gasteiger partial charge in [0.2, 0.25) is 5.97 Å². The molecule has 1 aromatic carbocycles. The zero-order valence-electron chi connectivity index (χ0n) is 7.84. The highest BCUT2D eigenvalue weighted by atomic mass is 19.1. The van der Waals surface area contributed by atoms with E-state index in [4.69, 9.17) is 0 Å². The Kier molecular flexibility index (Phi) is 1.91. The van der Waals surface area contributed by atoms with Gasteiger partial charge in [-0.2, -0.15) is 4.39 Å². The zero-order valence-corrected chi connectivity index (χ0v) is 7.84. The highest BCUT2D eigenvalue weighted by Crippen LogP contribution is 2.26. The van der Waals surface area contributed by atoms with E-state index in [2.05, 4.69) is 11.9 Å². The lowest BCUT2D eigenvalue weighted by atomic mass is 9.92. The summed E-state index contributed by atoms with van der Waals surface area (Å²) in [5, 5.41) is 0. The second-order valence-corrected chi connectivity index (χ2v) is 3.62. The summed E-state index contributed by atoms with van der Waals surface area (Å²) in [7, 11) is 0. The number of aliphatic imine (C=N–C) groups is 1. The Morgan fingerprint density at radius 3 is 3.00 bits per heavy atom. The van der Waals surface area contributed by atoms with Crippen molar-refractivity contribution in [2.24, 2.45) is 4.99 Å². The SMILES string of the molecule is Cc1ccc2c(c1)C(C)CN=C2F. The van der Waals surface area contributed by atoms with Crippen molar-refractivity contribution in [2.75, 3.05) is 6.54 Å². The van der Waals surface area contributed by atoms with Crippen LogP contribution in [0.5, 0.6) is 0 Å². The summed E-state index contributed by atoms with van der Waals surface area (Å²) in [6.07, 6.45) is 0. The maximum atomic E-state index is 13.2. The highest BCUT2D eigenvalue weighted by Gasteiger charge is 2.19. The van der Waals surface area contributed by atoms with Crippen molar-refractivity contribution in [3.8, 4) is 0 Å². The van der Waals surface area contributed by atoms with Crippen LogP contribution in [0.3, 0.4) is 0 Å². The van der Waals surface area contributed by atoms with E-state index in [1.165, 1.54) is 5.56 Å². The average molecular weight is 177 g/mol. The second-order valence-electron chi connectivity index (χ2n) is 3.62. The van der Waals surface area contributed by atoms with Crippen LogP contribution in [-0.2, 0) is 0 Å². The molecule has 13 heavy (non-hydrogen) atoms. The lowest BCUT2D eigenvalue weighted by molar-refractivity contribution is 0.707. The molecule has 1 aliphatic heterocycles. The van der Waals surface area contributed by atoms with Crippen molar-refractivity contribution in [3.63, 3.8) is 0 Å². The zero-order chi connectivity index (χ0) is 9.42. The molecule has 0 aromatic heterocycles. The van der Waals surface area contributed by atoms with E-state index in [1.807, 2.05) is 25.1 Å². The number of aryl methyl sites for hydroxylation is 1. The molecule has 1 unspecified atom stereocenters. The molecule has 2 heteroatoms. The summed E-state index contributed by atoms with van der Waals surface area (Å²) in [6, 6.07) is 5.79. The van der Waals surface area contributed by atoms with Crippen molar-refractivity contribution in [1.29, 1.82) is 0 Å². The molecule has 1 aromatic rings. The summed E-state index contributed by atoms with van der Waals surface area (Å²) in [4.78, 5) is 3.83. The number of rotatable bonds is 0. The monoisotopic (exact) mass is 177 g/mol. The van der Waals surface area contributed by atoms with Gasteiger partial charge in [-0.3, -0.25) is 4.99 Å². The first-order valence-corrected chi connectivity index (χ1v) is 4.49. The van der Waals surface area contributed by atoms with Gasteiger partial charge in [0.1, 0.15) is 0 Å². The van der Waals surface area contributed by atoms with Crippen LogP contribution in [0.2, 0.25) is 0 Å². The van der Waals surface area contributed by atoms with Crippen molar-refractivity contribution >= 4 is 5.97 Å². The first-order valence-electron chi connectivity index (χ1n) is 4.49. The highest BCUT2D eigenvalue weighted by molar-refractivity contribution is 5.95. The predicted octanol–water partition coefficient (Wildman–Crippen LogP) is 2.83. The summed E-state index contributed by atoms with van der Waals surface area (Å²) in [5.41, 5.74) is 2.94. The quantitative estimate of drug-likeness (QED) is 0.577. The fourth-order valence-electron chi connectivity index (χ4n) is 1.68. The molecule has 0 fully saturated rings. The fourth-order valence-corrected chi connectivity index (χ4v) is 1.68. The Morgan fingerprint density at radius 2 is 2.23 bits per heavy atom. The number of benzene rings is 1. The van der Waals surface area contributed by atoms with Crippen molar-refractivity contribution in [3.05, 3.63) is 34.9 Å². The first-order chi connectivity index (χ1) is 6.18. The van der Waals surface area contributed by atoms with E-state index in [1.54, 1.807) is 0 Å². The minimum atomic E-state index is -0.312. The molecule has 0 aliphatic carbocycles. The van der Waals surface area contributed by atoms with Crippen LogP contribution in [0.15, 0.2) is 23.2 Å². The molecular formula is C11H12FN. The molecule has 0 amide bonds. The number of hydrogen-bond acceptors (Lipinski definition) is 1. The van der Waals surface area contributed by atoms with E-state index >= 15 is 0 Å². The molecule has 0 bridgehead atoms. The molecule has 1 nitrogen and oxygen atoms in total. The van der Waals surface area contributed by atoms with E-state index < -0.39 is 0 Å². The fraction of sp³-hybridized carbons (Fsp3) is 0.364. The molecule has 2 rings (SSSR count).